The van der Waals surface area contributed by atoms with Gasteiger partial charge in [0.1, 0.15) is 12.6 Å². The summed E-state index contributed by atoms with van der Waals surface area (Å²) in [5.41, 5.74) is 3.38. The third-order valence-electron chi connectivity index (χ3n) is 3.50. The van der Waals surface area contributed by atoms with E-state index < -0.39 is 0 Å². The van der Waals surface area contributed by atoms with Gasteiger partial charge < -0.3 is 10.7 Å². The second kappa shape index (κ2) is 4.24. The Labute approximate surface area is 120 Å². The van der Waals surface area contributed by atoms with Crippen LogP contribution in [-0.2, 0) is 0 Å². The first kappa shape index (κ1) is 11.8. The highest BCUT2D eigenvalue weighted by atomic mass is 16.6. The maximum absolute atomic E-state index is 6.16. The Morgan fingerprint density at radius 2 is 1.43 bits per heavy atom. The lowest BCUT2D eigenvalue weighted by Gasteiger charge is -2.06. The molecule has 0 aliphatic heterocycles. The van der Waals surface area contributed by atoms with Crippen molar-refractivity contribution >= 4 is 22.1 Å². The first-order chi connectivity index (χ1) is 10.3. The number of hydrogen-bond donors (Lipinski definition) is 1. The van der Waals surface area contributed by atoms with E-state index in [1.54, 1.807) is 11.8 Å². The van der Waals surface area contributed by atoms with Gasteiger partial charge in [0, 0.05) is 0 Å². The average Bonchev–Trinajstić information content (AvgIpc) is 3.05. The van der Waals surface area contributed by atoms with Crippen LogP contribution in [0.2, 0.25) is 0 Å². The van der Waals surface area contributed by atoms with Crippen molar-refractivity contribution < 1.29 is 4.84 Å². The number of rotatable bonds is 2. The Hall–Kier alpha value is -3.02. The first-order valence-electron chi connectivity index (χ1n) is 6.54. The molecular weight excluding hydrogens is 266 g/mol. The minimum atomic E-state index is 0.564. The normalized spacial score (nSPS) is 11.3. The zero-order valence-electron chi connectivity index (χ0n) is 11.4. The maximum atomic E-state index is 6.16. The average molecular weight is 279 g/mol. The van der Waals surface area contributed by atoms with Crippen LogP contribution >= 0.6 is 0 Å². The molecule has 104 valence electrons. The number of para-hydroxylation sites is 4. The molecule has 2 aromatic heterocycles. The molecule has 4 aromatic rings. The third-order valence-corrected chi connectivity index (χ3v) is 3.50. The van der Waals surface area contributed by atoms with Crippen molar-refractivity contribution in [2.24, 2.45) is 0 Å². The van der Waals surface area contributed by atoms with Crippen molar-refractivity contribution in [3.63, 3.8) is 0 Å². The van der Waals surface area contributed by atoms with E-state index in [9.17, 15) is 0 Å². The number of imidazole rings is 2. The van der Waals surface area contributed by atoms with Gasteiger partial charge in [0.15, 0.2) is 5.82 Å². The van der Waals surface area contributed by atoms with E-state index in [1.165, 1.54) is 4.68 Å². The van der Waals surface area contributed by atoms with Gasteiger partial charge in [-0.25, -0.2) is 14.6 Å². The fraction of sp³-hybridized carbons (Fsp3) is 0.0667. The maximum Gasteiger partial charge on any atom is 0.214 e. The zero-order chi connectivity index (χ0) is 14.4. The summed E-state index contributed by atoms with van der Waals surface area (Å²) in [5, 5.41) is 0. The standard InChI is InChI=1S/C15H13N5O/c1-21-20-13-9-5-3-7-11(13)18-15(20)14-17-10-6-2-4-8-12(10)19(14)16/h2-9H,16H2,1H3. The van der Waals surface area contributed by atoms with E-state index in [1.807, 2.05) is 48.5 Å². The molecular formula is C15H13N5O. The molecule has 2 N–H and O–H groups in total. The van der Waals surface area contributed by atoms with Gasteiger partial charge in [0.25, 0.3) is 0 Å². The zero-order valence-corrected chi connectivity index (χ0v) is 11.4. The Morgan fingerprint density at radius 3 is 2.10 bits per heavy atom. The van der Waals surface area contributed by atoms with Crippen molar-refractivity contribution in [1.82, 2.24) is 19.4 Å². The van der Waals surface area contributed by atoms with Crippen molar-refractivity contribution in [3.8, 4) is 11.6 Å². The minimum Gasteiger partial charge on any atom is -0.415 e. The van der Waals surface area contributed by atoms with Gasteiger partial charge in [-0.05, 0) is 24.3 Å². The van der Waals surface area contributed by atoms with Gasteiger partial charge in [-0.2, -0.15) is 4.73 Å². The highest BCUT2D eigenvalue weighted by Crippen LogP contribution is 2.25. The summed E-state index contributed by atoms with van der Waals surface area (Å²) >= 11 is 0. The highest BCUT2D eigenvalue weighted by Gasteiger charge is 2.19. The lowest BCUT2D eigenvalue weighted by atomic mass is 10.3. The van der Waals surface area contributed by atoms with Gasteiger partial charge >= 0.3 is 0 Å². The minimum absolute atomic E-state index is 0.564. The van der Waals surface area contributed by atoms with Gasteiger partial charge in [0.05, 0.1) is 16.6 Å². The van der Waals surface area contributed by atoms with Gasteiger partial charge in [0.2, 0.25) is 5.82 Å². The number of nitrogen functional groups attached to an aromatic ring is 1. The number of nitrogens with two attached hydrogens (primary N) is 1. The second-order valence-electron chi connectivity index (χ2n) is 4.70. The predicted molar refractivity (Wildman–Crippen MR) is 81.1 cm³/mol. The number of nitrogens with zero attached hydrogens (tertiary/aromatic N) is 4. The van der Waals surface area contributed by atoms with E-state index in [0.717, 1.165) is 22.1 Å². The summed E-state index contributed by atoms with van der Waals surface area (Å²) in [6.07, 6.45) is 0. The smallest absolute Gasteiger partial charge is 0.214 e. The SMILES string of the molecule is COn1c(-c2nc3ccccc3n2N)nc2ccccc21. The number of fused-ring (bicyclic) bond motifs is 2. The third kappa shape index (κ3) is 1.59. The molecule has 0 amide bonds. The molecule has 0 spiro atoms. The van der Waals surface area contributed by atoms with Gasteiger partial charge in [-0.3, -0.25) is 0 Å². The molecule has 2 heterocycles. The van der Waals surface area contributed by atoms with Crippen LogP contribution in [0.1, 0.15) is 0 Å². The molecule has 0 aliphatic carbocycles. The molecule has 0 bridgehead atoms. The second-order valence-corrected chi connectivity index (χ2v) is 4.70. The molecule has 0 unspecified atom stereocenters. The molecule has 0 radical (unpaired) electrons. The first-order valence-corrected chi connectivity index (χ1v) is 6.54. The quantitative estimate of drug-likeness (QED) is 0.568. The summed E-state index contributed by atoms with van der Waals surface area (Å²) in [6, 6.07) is 15.4. The summed E-state index contributed by atoms with van der Waals surface area (Å²) in [5.74, 6) is 7.31. The van der Waals surface area contributed by atoms with E-state index in [-0.39, 0.29) is 0 Å². The van der Waals surface area contributed by atoms with Crippen molar-refractivity contribution in [2.75, 3.05) is 13.0 Å². The molecule has 6 nitrogen and oxygen atoms in total. The molecule has 0 saturated heterocycles. The highest BCUT2D eigenvalue weighted by molar-refractivity contribution is 5.83. The predicted octanol–water partition coefficient (Wildman–Crippen LogP) is 1.83. The monoisotopic (exact) mass is 279 g/mol. The number of aromatic nitrogens is 4. The van der Waals surface area contributed by atoms with E-state index >= 15 is 0 Å². The van der Waals surface area contributed by atoms with E-state index in [0.29, 0.717) is 11.6 Å². The van der Waals surface area contributed by atoms with Crippen molar-refractivity contribution in [2.45, 2.75) is 0 Å². The Balaban J connectivity index is 2.06. The van der Waals surface area contributed by atoms with Gasteiger partial charge in [-0.1, -0.05) is 24.3 Å². The molecule has 6 heteroatoms. The summed E-state index contributed by atoms with van der Waals surface area (Å²) in [6.45, 7) is 0. The van der Waals surface area contributed by atoms with E-state index in [2.05, 4.69) is 9.97 Å². The van der Waals surface area contributed by atoms with Crippen LogP contribution in [0.15, 0.2) is 48.5 Å². The van der Waals surface area contributed by atoms with Crippen molar-refractivity contribution in [1.29, 1.82) is 0 Å². The van der Waals surface area contributed by atoms with Crippen LogP contribution in [0.4, 0.5) is 0 Å². The van der Waals surface area contributed by atoms with Crippen molar-refractivity contribution in [3.05, 3.63) is 48.5 Å². The van der Waals surface area contributed by atoms with Crippen LogP contribution in [0, 0.1) is 0 Å². The van der Waals surface area contributed by atoms with Crippen LogP contribution in [0.3, 0.4) is 0 Å². The molecule has 0 saturated carbocycles. The lowest BCUT2D eigenvalue weighted by molar-refractivity contribution is 0.181. The van der Waals surface area contributed by atoms with Crippen LogP contribution in [-0.4, -0.2) is 26.5 Å². The Morgan fingerprint density at radius 1 is 0.857 bits per heavy atom. The molecule has 21 heavy (non-hydrogen) atoms. The van der Waals surface area contributed by atoms with Crippen LogP contribution < -0.4 is 10.7 Å². The summed E-state index contributed by atoms with van der Waals surface area (Å²) in [7, 11) is 1.60. The molecule has 0 fully saturated rings. The summed E-state index contributed by atoms with van der Waals surface area (Å²) in [4.78, 5) is 14.6. The Kier molecular flexibility index (Phi) is 2.38. The Bertz CT molecular complexity index is 953. The molecule has 0 atom stereocenters. The fourth-order valence-corrected chi connectivity index (χ4v) is 2.53. The lowest BCUT2D eigenvalue weighted by Crippen LogP contribution is -2.14. The van der Waals surface area contributed by atoms with Crippen LogP contribution in [0.5, 0.6) is 0 Å². The topological polar surface area (TPSA) is 70.9 Å². The molecule has 0 aliphatic rings. The number of benzene rings is 2. The summed E-state index contributed by atoms with van der Waals surface area (Å²) < 4.78 is 3.17. The number of hydrogen-bond acceptors (Lipinski definition) is 4. The van der Waals surface area contributed by atoms with E-state index in [4.69, 9.17) is 10.7 Å². The molecule has 2 aromatic carbocycles. The van der Waals surface area contributed by atoms with Crippen LogP contribution in [0.25, 0.3) is 33.7 Å². The molecule has 4 rings (SSSR count). The largest absolute Gasteiger partial charge is 0.415 e. The van der Waals surface area contributed by atoms with Gasteiger partial charge in [-0.15, -0.1) is 0 Å². The fourth-order valence-electron chi connectivity index (χ4n) is 2.53.